The van der Waals surface area contributed by atoms with E-state index in [2.05, 4.69) is 61.2 Å². The summed E-state index contributed by atoms with van der Waals surface area (Å²) in [6, 6.07) is 20.6. The minimum absolute atomic E-state index is 0.0348. The van der Waals surface area contributed by atoms with Gasteiger partial charge in [-0.05, 0) is 116 Å². The van der Waals surface area contributed by atoms with Gasteiger partial charge in [0.15, 0.2) is 34.5 Å². The molecule has 0 spiro atoms. The molecular weight excluding hydrogens is 618 g/mol. The lowest BCUT2D eigenvalue weighted by Gasteiger charge is -2.37. The Labute approximate surface area is 288 Å². The number of hydrogen-bond acceptors (Lipinski definition) is 9. The molecule has 0 saturated heterocycles. The molecule has 9 nitrogen and oxygen atoms in total. The molecule has 0 aliphatic carbocycles. The number of carbonyl (C=O) groups is 1. The molecule has 9 heteroatoms. The molecule has 0 unspecified atom stereocenters. The predicted molar refractivity (Wildman–Crippen MR) is 189 cm³/mol. The zero-order valence-corrected chi connectivity index (χ0v) is 29.0. The first-order chi connectivity index (χ1) is 23.8. The van der Waals surface area contributed by atoms with E-state index in [-0.39, 0.29) is 25.0 Å². The van der Waals surface area contributed by atoms with Crippen molar-refractivity contribution in [3.63, 3.8) is 0 Å². The van der Waals surface area contributed by atoms with Crippen molar-refractivity contribution in [3.05, 3.63) is 99.6 Å². The van der Waals surface area contributed by atoms with Crippen LogP contribution in [-0.4, -0.2) is 63.7 Å². The minimum Gasteiger partial charge on any atom is -0.493 e. The van der Waals surface area contributed by atoms with Crippen LogP contribution in [0.15, 0.2) is 60.7 Å². The maximum Gasteiger partial charge on any atom is 0.312 e. The molecule has 4 heterocycles. The molecule has 4 aliphatic rings. The van der Waals surface area contributed by atoms with Crippen LogP contribution in [0.3, 0.4) is 0 Å². The third-order valence-electron chi connectivity index (χ3n) is 10.2. The maximum absolute atomic E-state index is 12.5. The van der Waals surface area contributed by atoms with Crippen molar-refractivity contribution >= 4 is 5.97 Å². The summed E-state index contributed by atoms with van der Waals surface area (Å²) in [6.07, 6.45) is 3.40. The Kier molecular flexibility index (Phi) is 9.24. The Bertz CT molecular complexity index is 1870. The van der Waals surface area contributed by atoms with Gasteiger partial charge in [-0.2, -0.15) is 0 Å². The summed E-state index contributed by atoms with van der Waals surface area (Å²) in [5.74, 6) is 3.92. The third-order valence-corrected chi connectivity index (χ3v) is 10.2. The highest BCUT2D eigenvalue weighted by Crippen LogP contribution is 2.50. The number of nitrogens with two attached hydrogens (primary N) is 1. The number of aryl methyl sites for hydroxylation is 1. The number of benzene rings is 4. The van der Waals surface area contributed by atoms with Gasteiger partial charge in [0.2, 0.25) is 0 Å². The number of hydrogen-bond donors (Lipinski definition) is 1. The molecule has 2 atom stereocenters. The van der Waals surface area contributed by atoms with E-state index < -0.39 is 5.97 Å². The lowest BCUT2D eigenvalue weighted by Crippen LogP contribution is -2.34. The van der Waals surface area contributed by atoms with E-state index in [1.165, 1.54) is 22.3 Å². The molecule has 4 aliphatic heterocycles. The topological polar surface area (TPSA) is 95.7 Å². The molecule has 0 saturated carbocycles. The predicted octanol–water partition coefficient (Wildman–Crippen LogP) is 6.71. The van der Waals surface area contributed by atoms with Crippen molar-refractivity contribution in [2.45, 2.75) is 51.1 Å². The molecule has 0 radical (unpaired) electrons. The van der Waals surface area contributed by atoms with Gasteiger partial charge in [0.1, 0.15) is 5.75 Å². The van der Waals surface area contributed by atoms with Crippen LogP contribution in [-0.2, 0) is 30.5 Å². The van der Waals surface area contributed by atoms with Gasteiger partial charge in [0, 0.05) is 37.3 Å². The summed E-state index contributed by atoms with van der Waals surface area (Å²) >= 11 is 0. The number of esters is 1. The van der Waals surface area contributed by atoms with Crippen LogP contribution in [0.1, 0.15) is 57.4 Å². The first-order valence-electron chi connectivity index (χ1n) is 17.1. The van der Waals surface area contributed by atoms with Crippen molar-refractivity contribution in [2.75, 3.05) is 47.9 Å². The monoisotopic (exact) mass is 663 g/mol. The average molecular weight is 664 g/mol. The SMILES string of the molecule is COc1cc2c3cc1Oc1c(OC)c(C)cc4c1[C@@H](Cc1ccc(OC(=O)CCN)c(c1)Oc1ccc(cc1)C[C@@H]3N(C)CC2)N(C)CC4. The second-order valence-electron chi connectivity index (χ2n) is 13.4. The molecule has 256 valence electrons. The van der Waals surface area contributed by atoms with Crippen LogP contribution in [0.4, 0.5) is 0 Å². The molecule has 8 rings (SSSR count). The molecule has 4 aromatic carbocycles. The Balaban J connectivity index is 1.43. The lowest BCUT2D eigenvalue weighted by molar-refractivity contribution is -0.134. The minimum atomic E-state index is -0.398. The van der Waals surface area contributed by atoms with Crippen molar-refractivity contribution < 1.29 is 28.5 Å². The highest BCUT2D eigenvalue weighted by molar-refractivity contribution is 5.73. The van der Waals surface area contributed by atoms with Gasteiger partial charge in [0.25, 0.3) is 0 Å². The first-order valence-corrected chi connectivity index (χ1v) is 17.1. The van der Waals surface area contributed by atoms with E-state index in [0.717, 1.165) is 49.0 Å². The Morgan fingerprint density at radius 3 is 2.24 bits per heavy atom. The third kappa shape index (κ3) is 6.46. The molecule has 49 heavy (non-hydrogen) atoms. The van der Waals surface area contributed by atoms with Crippen LogP contribution in [0.5, 0.6) is 40.2 Å². The summed E-state index contributed by atoms with van der Waals surface area (Å²) in [7, 11) is 7.74. The molecule has 2 N–H and O–H groups in total. The van der Waals surface area contributed by atoms with E-state index >= 15 is 0 Å². The van der Waals surface area contributed by atoms with Crippen LogP contribution in [0, 0.1) is 6.92 Å². The summed E-state index contributed by atoms with van der Waals surface area (Å²) < 4.78 is 31.3. The Morgan fingerprint density at radius 1 is 0.816 bits per heavy atom. The van der Waals surface area contributed by atoms with Crippen molar-refractivity contribution in [1.29, 1.82) is 0 Å². The lowest BCUT2D eigenvalue weighted by atomic mass is 9.86. The van der Waals surface area contributed by atoms with Gasteiger partial charge in [0.05, 0.1) is 20.6 Å². The smallest absolute Gasteiger partial charge is 0.312 e. The maximum atomic E-state index is 12.5. The number of fused-ring (bicyclic) bond motifs is 2. The van der Waals surface area contributed by atoms with E-state index in [9.17, 15) is 4.79 Å². The van der Waals surface area contributed by atoms with E-state index in [1.54, 1.807) is 14.2 Å². The van der Waals surface area contributed by atoms with Gasteiger partial charge >= 0.3 is 5.97 Å². The van der Waals surface area contributed by atoms with Gasteiger partial charge < -0.3 is 29.4 Å². The highest BCUT2D eigenvalue weighted by Gasteiger charge is 2.34. The number of methoxy groups -OCH3 is 2. The second kappa shape index (κ2) is 13.7. The Hall–Kier alpha value is -4.57. The molecule has 6 bridgehead atoms. The fourth-order valence-corrected chi connectivity index (χ4v) is 7.56. The molecule has 0 aromatic heterocycles. The largest absolute Gasteiger partial charge is 0.493 e. The number of nitrogens with zero attached hydrogens (tertiary/aromatic N) is 2. The van der Waals surface area contributed by atoms with E-state index in [1.807, 2.05) is 30.3 Å². The number of ether oxygens (including phenoxy) is 5. The summed E-state index contributed by atoms with van der Waals surface area (Å²) in [5.41, 5.74) is 13.7. The van der Waals surface area contributed by atoms with Gasteiger partial charge in [-0.15, -0.1) is 0 Å². The first kappa shape index (κ1) is 33.0. The number of carbonyl (C=O) groups excluding carboxylic acids is 1. The van der Waals surface area contributed by atoms with Gasteiger partial charge in [-0.1, -0.05) is 24.3 Å². The zero-order chi connectivity index (χ0) is 34.2. The second-order valence-corrected chi connectivity index (χ2v) is 13.4. The normalized spacial score (nSPS) is 18.7. The average Bonchev–Trinajstić information content (AvgIpc) is 3.09. The molecule has 4 aromatic rings. The van der Waals surface area contributed by atoms with Crippen molar-refractivity contribution in [1.82, 2.24) is 9.80 Å². The molecule has 0 amide bonds. The molecular formula is C40H45N3O6. The Morgan fingerprint density at radius 2 is 1.51 bits per heavy atom. The van der Waals surface area contributed by atoms with Crippen molar-refractivity contribution in [3.8, 4) is 40.2 Å². The van der Waals surface area contributed by atoms with E-state index in [0.29, 0.717) is 46.7 Å². The fraction of sp³-hybridized carbons (Fsp3) is 0.375. The van der Waals surface area contributed by atoms with E-state index in [4.69, 9.17) is 29.4 Å². The van der Waals surface area contributed by atoms with Crippen LogP contribution < -0.4 is 29.4 Å². The number of likely N-dealkylation sites (N-methyl/N-ethyl adjacent to an activating group) is 2. The summed E-state index contributed by atoms with van der Waals surface area (Å²) in [4.78, 5) is 17.3. The van der Waals surface area contributed by atoms with Crippen molar-refractivity contribution in [2.24, 2.45) is 5.73 Å². The van der Waals surface area contributed by atoms with Gasteiger partial charge in [-0.25, -0.2) is 0 Å². The highest BCUT2D eigenvalue weighted by atomic mass is 16.6. The fourth-order valence-electron chi connectivity index (χ4n) is 7.56. The zero-order valence-electron chi connectivity index (χ0n) is 29.0. The van der Waals surface area contributed by atoms with Gasteiger partial charge in [-0.3, -0.25) is 14.6 Å². The van der Waals surface area contributed by atoms with Crippen LogP contribution >= 0.6 is 0 Å². The quantitative estimate of drug-likeness (QED) is 0.185. The van der Waals surface area contributed by atoms with Crippen LogP contribution in [0.25, 0.3) is 0 Å². The summed E-state index contributed by atoms with van der Waals surface area (Å²) in [5, 5.41) is 0. The standard InChI is InChI=1S/C40H45N3O6/c1-24-18-28-14-17-43(3)32-20-26-8-11-33(48-37(44)12-15-41)35(21-26)47-29-9-6-25(7-10-29)19-31-30-23-36(49-40(38(28)32)39(24)46-5)34(45-4)22-27(30)13-16-42(31)2/h6-11,18,21-23,31-32H,12-17,19-20,41H2,1-5H3/t31-,32+/m0/s1. The summed E-state index contributed by atoms with van der Waals surface area (Å²) in [6.45, 7) is 4.12. The number of rotatable bonds is 5. The van der Waals surface area contributed by atoms with Crippen LogP contribution in [0.2, 0.25) is 0 Å². The molecule has 0 fully saturated rings.